The summed E-state index contributed by atoms with van der Waals surface area (Å²) in [7, 11) is -0.750. The third-order valence-electron chi connectivity index (χ3n) is 3.38. The third-order valence-corrected chi connectivity index (χ3v) is 6.04. The predicted octanol–water partition coefficient (Wildman–Crippen LogP) is 1.03. The summed E-state index contributed by atoms with van der Waals surface area (Å²) in [6, 6.07) is 6.95. The number of nitrogens with one attached hydrogen (secondary N) is 3. The molecular weight excluding hydrogens is 392 g/mol. The van der Waals surface area contributed by atoms with Crippen molar-refractivity contribution in [3.05, 3.63) is 46.8 Å². The van der Waals surface area contributed by atoms with E-state index in [1.165, 1.54) is 51.4 Å². The normalized spacial score (nSPS) is 11.1. The Morgan fingerprint density at radius 2 is 1.59 bits per heavy atom. The van der Waals surface area contributed by atoms with Crippen LogP contribution in [0.5, 0.6) is 0 Å². The molecule has 144 valence electrons. The van der Waals surface area contributed by atoms with Crippen LogP contribution in [0.3, 0.4) is 0 Å². The number of benzene rings is 1. The molecule has 0 bridgehead atoms. The Kier molecular flexibility index (Phi) is 6.31. The molecule has 0 aliphatic heterocycles. The van der Waals surface area contributed by atoms with E-state index in [-0.39, 0.29) is 16.0 Å². The minimum atomic E-state index is -3.58. The topological polar surface area (TPSA) is 125 Å². The Bertz CT molecular complexity index is 965. The number of amides is 3. The lowest BCUT2D eigenvalue weighted by atomic mass is 10.2. The predicted molar refractivity (Wildman–Crippen MR) is 101 cm³/mol. The van der Waals surface area contributed by atoms with Crippen LogP contribution < -0.4 is 16.2 Å². The molecule has 0 spiro atoms. The summed E-state index contributed by atoms with van der Waals surface area (Å²) in [6.45, 7) is 1.25. The zero-order valence-corrected chi connectivity index (χ0v) is 16.4. The first kappa shape index (κ1) is 20.6. The fourth-order valence-corrected chi connectivity index (χ4v) is 3.64. The number of hydrogen-bond donors (Lipinski definition) is 3. The van der Waals surface area contributed by atoms with Gasteiger partial charge < -0.3 is 5.32 Å². The van der Waals surface area contributed by atoms with Crippen LogP contribution >= 0.6 is 11.3 Å². The fraction of sp³-hybridized carbons (Fsp3) is 0.188. The molecule has 0 unspecified atom stereocenters. The van der Waals surface area contributed by atoms with Crippen LogP contribution in [0.1, 0.15) is 27.6 Å². The van der Waals surface area contributed by atoms with Crippen molar-refractivity contribution in [3.8, 4) is 0 Å². The molecule has 2 rings (SSSR count). The van der Waals surface area contributed by atoms with Crippen LogP contribution in [-0.4, -0.2) is 44.5 Å². The second kappa shape index (κ2) is 8.29. The molecule has 0 atom stereocenters. The van der Waals surface area contributed by atoms with Crippen molar-refractivity contribution < 1.29 is 22.8 Å². The lowest BCUT2D eigenvalue weighted by Gasteiger charge is -2.12. The maximum Gasteiger partial charge on any atom is 0.272 e. The van der Waals surface area contributed by atoms with Gasteiger partial charge >= 0.3 is 0 Å². The SMILES string of the molecule is CC(=O)NNC(=O)c1ccsc1NC(=O)c1ccc(S(=O)(=O)N(C)C)cc1. The van der Waals surface area contributed by atoms with Gasteiger partial charge in [0, 0.05) is 26.6 Å². The van der Waals surface area contributed by atoms with Crippen molar-refractivity contribution in [1.29, 1.82) is 0 Å². The van der Waals surface area contributed by atoms with E-state index in [0.717, 1.165) is 15.6 Å². The summed E-state index contributed by atoms with van der Waals surface area (Å²) in [5.41, 5.74) is 4.81. The van der Waals surface area contributed by atoms with Gasteiger partial charge in [-0.25, -0.2) is 12.7 Å². The van der Waals surface area contributed by atoms with Gasteiger partial charge in [0.2, 0.25) is 15.9 Å². The summed E-state index contributed by atoms with van der Waals surface area (Å²) in [5, 5.41) is 4.52. The Morgan fingerprint density at radius 3 is 2.15 bits per heavy atom. The van der Waals surface area contributed by atoms with Crippen LogP contribution in [0.2, 0.25) is 0 Å². The van der Waals surface area contributed by atoms with Gasteiger partial charge in [-0.05, 0) is 35.7 Å². The zero-order valence-electron chi connectivity index (χ0n) is 14.8. The van der Waals surface area contributed by atoms with Crippen molar-refractivity contribution in [2.45, 2.75) is 11.8 Å². The molecule has 2 aromatic rings. The van der Waals surface area contributed by atoms with Crippen LogP contribution in [0, 0.1) is 0 Å². The molecule has 27 heavy (non-hydrogen) atoms. The van der Waals surface area contributed by atoms with E-state index in [4.69, 9.17) is 0 Å². The van der Waals surface area contributed by atoms with E-state index in [1.54, 1.807) is 5.38 Å². The van der Waals surface area contributed by atoms with Crippen LogP contribution in [-0.2, 0) is 14.8 Å². The zero-order chi connectivity index (χ0) is 20.2. The lowest BCUT2D eigenvalue weighted by molar-refractivity contribution is -0.119. The molecule has 11 heteroatoms. The van der Waals surface area contributed by atoms with Crippen molar-refractivity contribution >= 4 is 44.1 Å². The minimum absolute atomic E-state index is 0.0653. The van der Waals surface area contributed by atoms with E-state index >= 15 is 0 Å². The van der Waals surface area contributed by atoms with Gasteiger partial charge in [-0.1, -0.05) is 0 Å². The molecule has 3 amide bonds. The van der Waals surface area contributed by atoms with Gasteiger partial charge in [-0.3, -0.25) is 25.2 Å². The Morgan fingerprint density at radius 1 is 0.963 bits per heavy atom. The van der Waals surface area contributed by atoms with E-state index < -0.39 is 27.7 Å². The molecule has 1 aromatic carbocycles. The summed E-state index contributed by atoms with van der Waals surface area (Å²) >= 11 is 1.14. The highest BCUT2D eigenvalue weighted by molar-refractivity contribution is 7.89. The second-order valence-electron chi connectivity index (χ2n) is 5.56. The molecule has 9 nitrogen and oxygen atoms in total. The Balaban J connectivity index is 2.14. The molecule has 0 fully saturated rings. The quantitative estimate of drug-likeness (QED) is 0.635. The highest BCUT2D eigenvalue weighted by Crippen LogP contribution is 2.24. The lowest BCUT2D eigenvalue weighted by Crippen LogP contribution is -2.40. The van der Waals surface area contributed by atoms with Crippen molar-refractivity contribution in [2.24, 2.45) is 0 Å². The maximum absolute atomic E-state index is 12.4. The standard InChI is InChI=1S/C16H18N4O5S2/c1-10(21)18-19-15(23)13-8-9-26-16(13)17-14(22)11-4-6-12(7-5-11)27(24,25)20(2)3/h4-9H,1-3H3,(H,17,22)(H,18,21)(H,19,23). The van der Waals surface area contributed by atoms with Crippen LogP contribution in [0.4, 0.5) is 5.00 Å². The molecule has 3 N–H and O–H groups in total. The van der Waals surface area contributed by atoms with Gasteiger partial charge in [0.1, 0.15) is 5.00 Å². The van der Waals surface area contributed by atoms with E-state index in [9.17, 15) is 22.8 Å². The van der Waals surface area contributed by atoms with Crippen LogP contribution in [0.15, 0.2) is 40.6 Å². The number of anilines is 1. The third kappa shape index (κ3) is 4.90. The second-order valence-corrected chi connectivity index (χ2v) is 8.63. The van der Waals surface area contributed by atoms with E-state index in [0.29, 0.717) is 5.00 Å². The number of rotatable bonds is 5. The van der Waals surface area contributed by atoms with Crippen LogP contribution in [0.25, 0.3) is 0 Å². The summed E-state index contributed by atoms with van der Waals surface area (Å²) < 4.78 is 25.2. The Hall–Kier alpha value is -2.76. The summed E-state index contributed by atoms with van der Waals surface area (Å²) in [6.07, 6.45) is 0. The smallest absolute Gasteiger partial charge is 0.272 e. The van der Waals surface area contributed by atoms with Gasteiger partial charge in [0.25, 0.3) is 11.8 Å². The fourth-order valence-electron chi connectivity index (χ4n) is 1.96. The molecular formula is C16H18N4O5S2. The molecule has 0 aliphatic rings. The highest BCUT2D eigenvalue weighted by Gasteiger charge is 2.19. The van der Waals surface area contributed by atoms with Gasteiger partial charge in [-0.2, -0.15) is 0 Å². The monoisotopic (exact) mass is 410 g/mol. The average molecular weight is 410 g/mol. The molecule has 1 aromatic heterocycles. The first-order chi connectivity index (χ1) is 12.6. The highest BCUT2D eigenvalue weighted by atomic mass is 32.2. The average Bonchev–Trinajstić information content (AvgIpc) is 3.07. The number of sulfonamides is 1. The van der Waals surface area contributed by atoms with Crippen molar-refractivity contribution in [2.75, 3.05) is 19.4 Å². The first-order valence-electron chi connectivity index (χ1n) is 7.61. The van der Waals surface area contributed by atoms with E-state index in [1.807, 2.05) is 0 Å². The number of carbonyl (C=O) groups is 3. The molecule has 0 aliphatic carbocycles. The molecule has 0 saturated heterocycles. The molecule has 1 heterocycles. The number of thiophene rings is 1. The number of carbonyl (C=O) groups excluding carboxylic acids is 3. The van der Waals surface area contributed by atoms with E-state index in [2.05, 4.69) is 16.2 Å². The number of nitrogens with zero attached hydrogens (tertiary/aromatic N) is 1. The maximum atomic E-state index is 12.4. The first-order valence-corrected chi connectivity index (χ1v) is 9.93. The summed E-state index contributed by atoms with van der Waals surface area (Å²) in [4.78, 5) is 35.3. The Labute approximate surface area is 160 Å². The van der Waals surface area contributed by atoms with Crippen molar-refractivity contribution in [3.63, 3.8) is 0 Å². The largest absolute Gasteiger partial charge is 0.313 e. The van der Waals surface area contributed by atoms with Crippen molar-refractivity contribution in [1.82, 2.24) is 15.2 Å². The van der Waals surface area contributed by atoms with Gasteiger partial charge in [0.05, 0.1) is 10.5 Å². The number of hydrazine groups is 1. The summed E-state index contributed by atoms with van der Waals surface area (Å²) in [5.74, 6) is -1.51. The van der Waals surface area contributed by atoms with Gasteiger partial charge in [-0.15, -0.1) is 11.3 Å². The minimum Gasteiger partial charge on any atom is -0.313 e. The number of hydrogen-bond acceptors (Lipinski definition) is 6. The van der Waals surface area contributed by atoms with Gasteiger partial charge in [0.15, 0.2) is 0 Å². The molecule has 0 radical (unpaired) electrons. The molecule has 0 saturated carbocycles.